The summed E-state index contributed by atoms with van der Waals surface area (Å²) in [5.41, 5.74) is 6.48. The van der Waals surface area contributed by atoms with Crippen molar-refractivity contribution in [1.82, 2.24) is 4.90 Å². The minimum Gasteiger partial charge on any atom is -0.337 e. The van der Waals surface area contributed by atoms with Crippen molar-refractivity contribution in [3.8, 4) is 0 Å². The quantitative estimate of drug-likeness (QED) is 0.809. The smallest absolute Gasteiger partial charge is 0.255 e. The Morgan fingerprint density at radius 2 is 2.12 bits per heavy atom. The average molecular weight is 384 g/mol. The van der Waals surface area contributed by atoms with E-state index in [1.807, 2.05) is 18.2 Å². The molecule has 0 saturated carbocycles. The number of hydrogen-bond acceptors (Lipinski definition) is 2. The molecule has 2 rings (SSSR count). The Bertz CT molecular complexity index is 428. The predicted octanol–water partition coefficient (Wildman–Crippen LogP) is 2.81. The highest BCUT2D eigenvalue weighted by Gasteiger charge is 2.25. The largest absolute Gasteiger partial charge is 0.337 e. The lowest BCUT2D eigenvalue weighted by Crippen LogP contribution is -2.32. The Morgan fingerprint density at radius 3 is 2.65 bits per heavy atom. The molecule has 0 aromatic heterocycles. The molecule has 6 heteroatoms. The van der Waals surface area contributed by atoms with Crippen LogP contribution in [0.15, 0.2) is 27.1 Å². The second-order valence-electron chi connectivity index (χ2n) is 3.92. The molecule has 1 fully saturated rings. The van der Waals surface area contributed by atoms with Crippen LogP contribution in [0.1, 0.15) is 16.8 Å². The zero-order valence-corrected chi connectivity index (χ0v) is 13.0. The number of rotatable bonds is 1. The van der Waals surface area contributed by atoms with E-state index < -0.39 is 0 Å². The van der Waals surface area contributed by atoms with E-state index in [2.05, 4.69) is 31.9 Å². The number of likely N-dealkylation sites (tertiary alicyclic amines) is 1. The Labute approximate surface area is 123 Å². The molecular weight excluding hydrogens is 371 g/mol. The van der Waals surface area contributed by atoms with Crippen molar-refractivity contribution in [2.45, 2.75) is 12.5 Å². The minimum atomic E-state index is 0. The normalized spacial score (nSPS) is 19.0. The Morgan fingerprint density at radius 1 is 1.41 bits per heavy atom. The summed E-state index contributed by atoms with van der Waals surface area (Å²) >= 11 is 6.76. The van der Waals surface area contributed by atoms with Crippen LogP contribution in [-0.4, -0.2) is 29.9 Å². The number of carbonyl (C=O) groups excluding carboxylic acids is 1. The van der Waals surface area contributed by atoms with E-state index in [1.54, 1.807) is 4.90 Å². The van der Waals surface area contributed by atoms with Crippen LogP contribution in [0.5, 0.6) is 0 Å². The van der Waals surface area contributed by atoms with Crippen LogP contribution in [-0.2, 0) is 0 Å². The maximum atomic E-state index is 12.1. The molecule has 1 aromatic carbocycles. The number of halogens is 3. The molecule has 0 bridgehead atoms. The highest BCUT2D eigenvalue weighted by atomic mass is 79.9. The van der Waals surface area contributed by atoms with Crippen molar-refractivity contribution in [1.29, 1.82) is 0 Å². The molecule has 2 N–H and O–H groups in total. The fourth-order valence-corrected chi connectivity index (χ4v) is 3.02. The molecule has 1 heterocycles. The van der Waals surface area contributed by atoms with E-state index in [0.717, 1.165) is 21.9 Å². The zero-order chi connectivity index (χ0) is 11.7. The van der Waals surface area contributed by atoms with Crippen molar-refractivity contribution < 1.29 is 4.79 Å². The van der Waals surface area contributed by atoms with E-state index in [-0.39, 0.29) is 24.4 Å². The highest BCUT2D eigenvalue weighted by molar-refractivity contribution is 9.11. The lowest BCUT2D eigenvalue weighted by molar-refractivity contribution is 0.0790. The summed E-state index contributed by atoms with van der Waals surface area (Å²) in [5, 5.41) is 0. The van der Waals surface area contributed by atoms with Gasteiger partial charge in [0.1, 0.15) is 0 Å². The lowest BCUT2D eigenvalue weighted by atomic mass is 10.2. The maximum Gasteiger partial charge on any atom is 0.255 e. The molecule has 0 aliphatic carbocycles. The average Bonchev–Trinajstić information content (AvgIpc) is 2.64. The number of hydrogen-bond donors (Lipinski definition) is 1. The van der Waals surface area contributed by atoms with Crippen molar-refractivity contribution in [2.75, 3.05) is 13.1 Å². The van der Waals surface area contributed by atoms with Crippen molar-refractivity contribution in [3.63, 3.8) is 0 Å². The number of carbonyl (C=O) groups is 1. The third-order valence-corrected chi connectivity index (χ3v) is 3.82. The predicted molar refractivity (Wildman–Crippen MR) is 77.6 cm³/mol. The summed E-state index contributed by atoms with van der Waals surface area (Å²) in [7, 11) is 0. The fourth-order valence-electron chi connectivity index (χ4n) is 1.81. The third-order valence-electron chi connectivity index (χ3n) is 2.67. The van der Waals surface area contributed by atoms with Crippen LogP contribution in [0.2, 0.25) is 0 Å². The molecule has 1 atom stereocenters. The summed E-state index contributed by atoms with van der Waals surface area (Å²) in [5.74, 6) is 0.0484. The van der Waals surface area contributed by atoms with Gasteiger partial charge in [-0.2, -0.15) is 0 Å². The van der Waals surface area contributed by atoms with Crippen molar-refractivity contribution in [3.05, 3.63) is 32.7 Å². The van der Waals surface area contributed by atoms with Crippen LogP contribution < -0.4 is 5.73 Å². The zero-order valence-electron chi connectivity index (χ0n) is 9.03. The molecule has 3 nitrogen and oxygen atoms in total. The van der Waals surface area contributed by atoms with Crippen molar-refractivity contribution >= 4 is 50.2 Å². The monoisotopic (exact) mass is 382 g/mol. The SMILES string of the molecule is Cl.N[C@@H]1CCN(C(=O)c2ccc(Br)cc2Br)C1. The molecule has 0 unspecified atom stereocenters. The van der Waals surface area contributed by atoms with Crippen molar-refractivity contribution in [2.24, 2.45) is 5.73 Å². The first-order valence-corrected chi connectivity index (χ1v) is 6.66. The maximum absolute atomic E-state index is 12.1. The Balaban J connectivity index is 0.00000144. The summed E-state index contributed by atoms with van der Waals surface area (Å²) in [4.78, 5) is 14.0. The number of benzene rings is 1. The number of nitrogens with zero attached hydrogens (tertiary/aromatic N) is 1. The third kappa shape index (κ3) is 3.44. The van der Waals surface area contributed by atoms with Gasteiger partial charge in [-0.25, -0.2) is 0 Å². The highest BCUT2D eigenvalue weighted by Crippen LogP contribution is 2.24. The molecule has 1 aromatic rings. The summed E-state index contributed by atoms with van der Waals surface area (Å²) in [6.07, 6.45) is 0.889. The minimum absolute atomic E-state index is 0. The summed E-state index contributed by atoms with van der Waals surface area (Å²) in [6, 6.07) is 5.69. The lowest BCUT2D eigenvalue weighted by Gasteiger charge is -2.16. The van der Waals surface area contributed by atoms with Crippen LogP contribution in [0.3, 0.4) is 0 Å². The van der Waals surface area contributed by atoms with E-state index in [4.69, 9.17) is 5.73 Å². The number of amides is 1. The van der Waals surface area contributed by atoms with Gasteiger partial charge in [-0.1, -0.05) is 15.9 Å². The molecule has 0 spiro atoms. The van der Waals surface area contributed by atoms with Gasteiger partial charge in [0.2, 0.25) is 0 Å². The second kappa shape index (κ2) is 6.18. The first-order valence-electron chi connectivity index (χ1n) is 5.08. The van der Waals surface area contributed by atoms with Gasteiger partial charge in [-0.15, -0.1) is 12.4 Å². The first-order chi connectivity index (χ1) is 7.58. The van der Waals surface area contributed by atoms with Gasteiger partial charge in [0, 0.05) is 28.1 Å². The molecule has 1 saturated heterocycles. The van der Waals surface area contributed by atoms with Gasteiger partial charge in [0.25, 0.3) is 5.91 Å². The Hall–Kier alpha value is -0.100. The molecule has 94 valence electrons. The van der Waals surface area contributed by atoms with Gasteiger partial charge >= 0.3 is 0 Å². The van der Waals surface area contributed by atoms with Gasteiger partial charge < -0.3 is 10.6 Å². The van der Waals surface area contributed by atoms with Crippen LogP contribution in [0.25, 0.3) is 0 Å². The number of nitrogens with two attached hydrogens (primary N) is 1. The Kier molecular flexibility index (Phi) is 5.44. The van der Waals surface area contributed by atoms with Gasteiger partial charge in [0.15, 0.2) is 0 Å². The molecular formula is C11H13Br2ClN2O. The summed E-state index contributed by atoms with van der Waals surface area (Å²) in [6.45, 7) is 1.41. The van der Waals surface area contributed by atoms with E-state index in [0.29, 0.717) is 12.1 Å². The first kappa shape index (κ1) is 15.0. The molecule has 0 radical (unpaired) electrons. The molecule has 17 heavy (non-hydrogen) atoms. The van der Waals surface area contributed by atoms with Gasteiger partial charge in [-0.05, 0) is 40.5 Å². The topological polar surface area (TPSA) is 46.3 Å². The van der Waals surface area contributed by atoms with Gasteiger partial charge in [-0.3, -0.25) is 4.79 Å². The van der Waals surface area contributed by atoms with E-state index in [1.165, 1.54) is 0 Å². The fraction of sp³-hybridized carbons (Fsp3) is 0.364. The summed E-state index contributed by atoms with van der Waals surface area (Å²) < 4.78 is 1.77. The van der Waals surface area contributed by atoms with E-state index >= 15 is 0 Å². The van der Waals surface area contributed by atoms with Crippen LogP contribution in [0, 0.1) is 0 Å². The van der Waals surface area contributed by atoms with Gasteiger partial charge in [0.05, 0.1) is 5.56 Å². The molecule has 1 amide bonds. The van der Waals surface area contributed by atoms with Crippen LogP contribution in [0.4, 0.5) is 0 Å². The second-order valence-corrected chi connectivity index (χ2v) is 5.69. The van der Waals surface area contributed by atoms with Crippen LogP contribution >= 0.6 is 44.3 Å². The van der Waals surface area contributed by atoms with E-state index in [9.17, 15) is 4.79 Å². The standard InChI is InChI=1S/C11H12Br2N2O.ClH/c12-7-1-2-9(10(13)5-7)11(16)15-4-3-8(14)6-15;/h1-2,5,8H,3-4,6,14H2;1H/t8-;/m1./s1. The molecule has 1 aliphatic heterocycles. The molecule has 1 aliphatic rings.